The number of nitrogens with two attached hydrogens (primary N) is 1. The number of rotatable bonds is 2. The smallest absolute Gasteiger partial charge is 0.158 e. The molecule has 0 radical (unpaired) electrons. The Morgan fingerprint density at radius 1 is 1.39 bits per heavy atom. The van der Waals surface area contributed by atoms with Gasteiger partial charge in [0, 0.05) is 5.38 Å². The van der Waals surface area contributed by atoms with Gasteiger partial charge in [0.05, 0.1) is 16.6 Å². The third-order valence-electron chi connectivity index (χ3n) is 2.62. The maximum Gasteiger partial charge on any atom is 0.158 e. The molecule has 0 amide bonds. The summed E-state index contributed by atoms with van der Waals surface area (Å²) in [4.78, 5) is 12.1. The molecular weight excluding hydrogens is 268 g/mol. The van der Waals surface area contributed by atoms with Crippen LogP contribution in [-0.2, 0) is 0 Å². The van der Waals surface area contributed by atoms with E-state index in [-0.39, 0.29) is 6.04 Å². The Hall–Kier alpha value is -1.43. The summed E-state index contributed by atoms with van der Waals surface area (Å²) < 4.78 is 0. The van der Waals surface area contributed by atoms with Gasteiger partial charge in [-0.05, 0) is 19.1 Å². The molecule has 2 heterocycles. The zero-order valence-electron chi connectivity index (χ0n) is 9.64. The minimum absolute atomic E-state index is 0.0586. The number of benzene rings is 1. The van der Waals surface area contributed by atoms with E-state index >= 15 is 0 Å². The van der Waals surface area contributed by atoms with Gasteiger partial charge in [-0.1, -0.05) is 17.7 Å². The third kappa shape index (κ3) is 1.90. The molecule has 0 spiro atoms. The van der Waals surface area contributed by atoms with Gasteiger partial charge in [-0.2, -0.15) is 0 Å². The van der Waals surface area contributed by atoms with Gasteiger partial charge in [0.15, 0.2) is 5.82 Å². The van der Waals surface area contributed by atoms with Gasteiger partial charge in [0.1, 0.15) is 16.2 Å². The molecule has 6 heteroatoms. The summed E-state index contributed by atoms with van der Waals surface area (Å²) in [5.74, 6) is 0.723. The van der Waals surface area contributed by atoms with E-state index in [0.717, 1.165) is 27.6 Å². The Balaban J connectivity index is 2.10. The number of nitrogens with zero attached hydrogens (tertiary/aromatic N) is 2. The molecule has 3 aromatic rings. The van der Waals surface area contributed by atoms with Crippen molar-refractivity contribution in [3.05, 3.63) is 33.6 Å². The number of fused-ring (bicyclic) bond motifs is 1. The normalized spacial score (nSPS) is 13.1. The monoisotopic (exact) mass is 278 g/mol. The Kier molecular flexibility index (Phi) is 2.81. The van der Waals surface area contributed by atoms with Crippen molar-refractivity contribution in [2.75, 3.05) is 0 Å². The molecule has 0 aliphatic heterocycles. The maximum atomic E-state index is 6.09. The van der Waals surface area contributed by atoms with Crippen LogP contribution in [0.4, 0.5) is 0 Å². The predicted molar refractivity (Wildman–Crippen MR) is 74.8 cm³/mol. The predicted octanol–water partition coefficient (Wildman–Crippen LogP) is 3.36. The SMILES string of the molecule is CC(N)c1nc(-c2nc3c(Cl)cccc3[nH]2)cs1. The molecule has 0 fully saturated rings. The molecule has 1 unspecified atom stereocenters. The van der Waals surface area contributed by atoms with Gasteiger partial charge in [-0.25, -0.2) is 9.97 Å². The molecule has 1 aromatic carbocycles. The quantitative estimate of drug-likeness (QED) is 0.755. The molecule has 1 atom stereocenters. The molecule has 3 rings (SSSR count). The van der Waals surface area contributed by atoms with Crippen molar-refractivity contribution in [1.82, 2.24) is 15.0 Å². The van der Waals surface area contributed by atoms with Crippen LogP contribution in [0.2, 0.25) is 5.02 Å². The van der Waals surface area contributed by atoms with E-state index in [4.69, 9.17) is 17.3 Å². The average Bonchev–Trinajstić information content (AvgIpc) is 2.95. The highest BCUT2D eigenvalue weighted by Crippen LogP contribution is 2.27. The van der Waals surface area contributed by atoms with Crippen molar-refractivity contribution in [2.24, 2.45) is 5.73 Å². The summed E-state index contributed by atoms with van der Waals surface area (Å²) in [6.45, 7) is 1.91. The molecule has 3 N–H and O–H groups in total. The van der Waals surface area contributed by atoms with Gasteiger partial charge in [-0.3, -0.25) is 0 Å². The minimum atomic E-state index is -0.0586. The first kappa shape index (κ1) is 11.6. The van der Waals surface area contributed by atoms with Gasteiger partial charge < -0.3 is 10.7 Å². The molecule has 0 aliphatic carbocycles. The lowest BCUT2D eigenvalue weighted by atomic mass is 10.3. The van der Waals surface area contributed by atoms with Crippen LogP contribution in [0.1, 0.15) is 18.0 Å². The van der Waals surface area contributed by atoms with E-state index in [0.29, 0.717) is 5.02 Å². The minimum Gasteiger partial charge on any atom is -0.337 e. The second kappa shape index (κ2) is 4.35. The molecule has 18 heavy (non-hydrogen) atoms. The molecule has 0 saturated carbocycles. The highest BCUT2D eigenvalue weighted by Gasteiger charge is 2.12. The summed E-state index contributed by atoms with van der Waals surface area (Å²) >= 11 is 7.63. The van der Waals surface area contributed by atoms with Crippen LogP contribution in [0, 0.1) is 0 Å². The second-order valence-corrected chi connectivity index (χ2v) is 5.38. The lowest BCUT2D eigenvalue weighted by Crippen LogP contribution is -2.03. The highest BCUT2D eigenvalue weighted by molar-refractivity contribution is 7.10. The first-order valence-electron chi connectivity index (χ1n) is 5.51. The van der Waals surface area contributed by atoms with Crippen LogP contribution in [0.5, 0.6) is 0 Å². The summed E-state index contributed by atoms with van der Waals surface area (Å²) in [6.07, 6.45) is 0. The van der Waals surface area contributed by atoms with Crippen molar-refractivity contribution in [3.63, 3.8) is 0 Å². The molecular formula is C12H11ClN4S. The van der Waals surface area contributed by atoms with Crippen molar-refractivity contribution in [2.45, 2.75) is 13.0 Å². The fourth-order valence-corrected chi connectivity index (χ4v) is 2.70. The van der Waals surface area contributed by atoms with Crippen LogP contribution in [-0.4, -0.2) is 15.0 Å². The first-order chi connectivity index (χ1) is 8.65. The summed E-state index contributed by atoms with van der Waals surface area (Å²) in [7, 11) is 0. The van der Waals surface area contributed by atoms with Crippen LogP contribution in [0.25, 0.3) is 22.6 Å². The van der Waals surface area contributed by atoms with E-state index in [1.54, 1.807) is 0 Å². The number of thiazole rings is 1. The molecule has 92 valence electrons. The third-order valence-corrected chi connectivity index (χ3v) is 3.97. The first-order valence-corrected chi connectivity index (χ1v) is 6.76. The number of para-hydroxylation sites is 1. The van der Waals surface area contributed by atoms with Crippen molar-refractivity contribution >= 4 is 34.0 Å². The Bertz CT molecular complexity index is 701. The van der Waals surface area contributed by atoms with Gasteiger partial charge in [0.2, 0.25) is 0 Å². The second-order valence-electron chi connectivity index (χ2n) is 4.08. The lowest BCUT2D eigenvalue weighted by Gasteiger charge is -1.96. The van der Waals surface area contributed by atoms with Crippen molar-refractivity contribution in [3.8, 4) is 11.5 Å². The molecule has 0 saturated heterocycles. The highest BCUT2D eigenvalue weighted by atomic mass is 35.5. The number of hydrogen-bond acceptors (Lipinski definition) is 4. The fraction of sp³-hybridized carbons (Fsp3) is 0.167. The Morgan fingerprint density at radius 3 is 2.89 bits per heavy atom. The maximum absolute atomic E-state index is 6.09. The molecule has 0 bridgehead atoms. The van der Waals surface area contributed by atoms with Crippen LogP contribution >= 0.6 is 22.9 Å². The van der Waals surface area contributed by atoms with E-state index < -0.39 is 0 Å². The van der Waals surface area contributed by atoms with E-state index in [2.05, 4.69) is 15.0 Å². The van der Waals surface area contributed by atoms with Crippen molar-refractivity contribution < 1.29 is 0 Å². The van der Waals surface area contributed by atoms with Gasteiger partial charge >= 0.3 is 0 Å². The topological polar surface area (TPSA) is 67.6 Å². The summed E-state index contributed by atoms with van der Waals surface area (Å²) in [6, 6.07) is 5.59. The fourth-order valence-electron chi connectivity index (χ4n) is 1.72. The lowest BCUT2D eigenvalue weighted by molar-refractivity contribution is 0.807. The summed E-state index contributed by atoms with van der Waals surface area (Å²) in [5, 5.41) is 3.49. The standard InChI is InChI=1S/C12H11ClN4S/c1-6(14)12-16-9(5-18-12)11-15-8-4-2-3-7(13)10(8)17-11/h2-6H,14H2,1H3,(H,15,17). The number of imidazole rings is 1. The largest absolute Gasteiger partial charge is 0.337 e. The van der Waals surface area contributed by atoms with Crippen LogP contribution in [0.15, 0.2) is 23.6 Å². The van der Waals surface area contributed by atoms with E-state index in [1.807, 2.05) is 30.5 Å². The van der Waals surface area contributed by atoms with Gasteiger partial charge in [-0.15, -0.1) is 11.3 Å². The summed E-state index contributed by atoms with van der Waals surface area (Å²) in [5.41, 5.74) is 8.28. The number of halogens is 1. The number of H-pyrrole nitrogens is 1. The van der Waals surface area contributed by atoms with Gasteiger partial charge in [0.25, 0.3) is 0 Å². The number of aromatic amines is 1. The average molecular weight is 279 g/mol. The number of aromatic nitrogens is 3. The molecule has 2 aromatic heterocycles. The molecule has 4 nitrogen and oxygen atoms in total. The van der Waals surface area contributed by atoms with E-state index in [1.165, 1.54) is 11.3 Å². The van der Waals surface area contributed by atoms with Crippen molar-refractivity contribution in [1.29, 1.82) is 0 Å². The Morgan fingerprint density at radius 2 is 2.22 bits per heavy atom. The number of nitrogens with one attached hydrogen (secondary N) is 1. The zero-order chi connectivity index (χ0) is 12.7. The zero-order valence-corrected chi connectivity index (χ0v) is 11.2. The molecule has 0 aliphatic rings. The van der Waals surface area contributed by atoms with Crippen LogP contribution < -0.4 is 5.73 Å². The van der Waals surface area contributed by atoms with Crippen LogP contribution in [0.3, 0.4) is 0 Å². The van der Waals surface area contributed by atoms with E-state index in [9.17, 15) is 0 Å². The Labute approximate surface area is 113 Å². The number of hydrogen-bond donors (Lipinski definition) is 2.